The van der Waals surface area contributed by atoms with Gasteiger partial charge in [-0.05, 0) is 30.3 Å². The van der Waals surface area contributed by atoms with Crippen LogP contribution in [0.4, 0.5) is 0 Å². The molecule has 0 saturated carbocycles. The van der Waals surface area contributed by atoms with Crippen molar-refractivity contribution in [1.82, 2.24) is 24.3 Å². The summed E-state index contributed by atoms with van der Waals surface area (Å²) in [6, 6.07) is 33.9. The quantitative estimate of drug-likeness (QED) is 0.138. The van der Waals surface area contributed by atoms with Gasteiger partial charge in [0, 0.05) is 39.4 Å². The molecule has 0 N–H and O–H groups in total. The van der Waals surface area contributed by atoms with E-state index in [1.54, 1.807) is 0 Å². The first-order chi connectivity index (χ1) is 19.2. The van der Waals surface area contributed by atoms with E-state index in [2.05, 4.69) is 105 Å². The van der Waals surface area contributed by atoms with E-state index in [9.17, 15) is 0 Å². The van der Waals surface area contributed by atoms with E-state index in [4.69, 9.17) is 15.0 Å². The number of aromatic nitrogens is 5. The summed E-state index contributed by atoms with van der Waals surface area (Å²) in [5.41, 5.74) is 8.29. The predicted molar refractivity (Wildman–Crippen MR) is 161 cm³/mol. The van der Waals surface area contributed by atoms with E-state index in [1.807, 2.05) is 36.5 Å². The first kappa shape index (κ1) is 27.2. The minimum atomic E-state index is -0.418. The number of pyridine rings is 2. The smallest absolute Gasteiger partial charge is 0.307 e. The number of para-hydroxylation sites is 2. The van der Waals surface area contributed by atoms with E-state index < -0.39 is 5.41 Å². The number of hydrogen-bond donors (Lipinski definition) is 0. The van der Waals surface area contributed by atoms with E-state index >= 15 is 0 Å². The number of imidazole rings is 1. The van der Waals surface area contributed by atoms with Gasteiger partial charge < -0.3 is 4.40 Å². The van der Waals surface area contributed by atoms with Gasteiger partial charge in [-0.2, -0.15) is 0 Å². The van der Waals surface area contributed by atoms with Crippen molar-refractivity contribution < 1.29 is 21.1 Å². The Morgan fingerprint density at radius 2 is 1.56 bits per heavy atom. The molecule has 7 aromatic rings. The molecule has 7 rings (SSSR count). The van der Waals surface area contributed by atoms with Crippen LogP contribution in [0.1, 0.15) is 51.6 Å². The average Bonchev–Trinajstić information content (AvgIpc) is 3.37. The molecular weight excluding hydrogens is 685 g/mol. The van der Waals surface area contributed by atoms with Crippen molar-refractivity contribution in [3.63, 3.8) is 0 Å². The average molecular weight is 715 g/mol. The Morgan fingerprint density at radius 1 is 0.732 bits per heavy atom. The Bertz CT molecular complexity index is 2090. The molecule has 0 radical (unpaired) electrons. The predicted octanol–water partition coefficient (Wildman–Crippen LogP) is 7.87. The maximum Gasteiger partial charge on any atom is 2.00 e. The first-order valence-corrected chi connectivity index (χ1v) is 13.6. The van der Waals surface area contributed by atoms with Crippen molar-refractivity contribution in [3.05, 3.63) is 114 Å². The summed E-state index contributed by atoms with van der Waals surface area (Å²) in [6.45, 7) is 10.9. The first-order valence-electron chi connectivity index (χ1n) is 13.6. The Labute approximate surface area is 254 Å². The number of nitrogens with zero attached hydrogens (tertiary/aromatic N) is 5. The molecule has 204 valence electrons. The minimum absolute atomic E-state index is 0. The molecule has 3 aromatic carbocycles. The molecule has 4 heterocycles. The van der Waals surface area contributed by atoms with Crippen LogP contribution in [0, 0.1) is 12.1 Å². The fraction of sp³-hybridized carbons (Fsp3) is 0.200. The van der Waals surface area contributed by atoms with Gasteiger partial charge in [-0.1, -0.05) is 52.1 Å². The van der Waals surface area contributed by atoms with Crippen LogP contribution >= 0.6 is 0 Å². The van der Waals surface area contributed by atoms with E-state index in [-0.39, 0.29) is 26.5 Å². The van der Waals surface area contributed by atoms with Gasteiger partial charge in [0.1, 0.15) is 5.65 Å². The fourth-order valence-corrected chi connectivity index (χ4v) is 5.44. The standard InChI is InChI=1S/C35H29N5.Pt/c1-34(2,3)29-19-20-36-32(39-29)22-11-10-12-23(21-22)35(4,5)30-18-17-28-31(38-30)24-13-6-7-14-25(24)33-37-26-15-8-9-16-27(26)40(28)33;/h6-12,14-20H,1-5H3;/q-2;+2. The minimum Gasteiger partial charge on any atom is -0.307 e. The van der Waals surface area contributed by atoms with Gasteiger partial charge in [0.15, 0.2) is 0 Å². The van der Waals surface area contributed by atoms with Crippen molar-refractivity contribution in [2.75, 3.05) is 0 Å². The molecular formula is C35H29N5Pt. The molecule has 41 heavy (non-hydrogen) atoms. The zero-order valence-electron chi connectivity index (χ0n) is 23.6. The molecule has 0 fully saturated rings. The van der Waals surface area contributed by atoms with Crippen LogP contribution in [-0.2, 0) is 31.9 Å². The number of rotatable bonds is 3. The number of hydrogen-bond acceptors (Lipinski definition) is 4. The second kappa shape index (κ2) is 9.85. The molecule has 4 aromatic heterocycles. The van der Waals surface area contributed by atoms with Gasteiger partial charge in [-0.15, -0.1) is 65.0 Å². The molecule has 0 saturated heterocycles. The van der Waals surface area contributed by atoms with Crippen molar-refractivity contribution in [1.29, 1.82) is 0 Å². The molecule has 0 aliphatic carbocycles. The van der Waals surface area contributed by atoms with Gasteiger partial charge in [0.05, 0.1) is 16.9 Å². The van der Waals surface area contributed by atoms with Crippen molar-refractivity contribution >= 4 is 38.5 Å². The van der Waals surface area contributed by atoms with Gasteiger partial charge in [0.2, 0.25) is 0 Å². The summed E-state index contributed by atoms with van der Waals surface area (Å²) in [5.74, 6) is 0.687. The number of fused-ring (bicyclic) bond motifs is 8. The zero-order chi connectivity index (χ0) is 27.6. The van der Waals surface area contributed by atoms with Crippen LogP contribution < -0.4 is 0 Å². The van der Waals surface area contributed by atoms with E-state index in [1.165, 1.54) is 0 Å². The summed E-state index contributed by atoms with van der Waals surface area (Å²) in [5, 5.41) is 2.01. The van der Waals surface area contributed by atoms with Crippen molar-refractivity contribution in [2.24, 2.45) is 0 Å². The molecule has 0 bridgehead atoms. The van der Waals surface area contributed by atoms with Gasteiger partial charge in [-0.25, -0.2) is 4.98 Å². The Hall–Kier alpha value is -3.95. The largest absolute Gasteiger partial charge is 2.00 e. The van der Waals surface area contributed by atoms with Crippen LogP contribution in [0.3, 0.4) is 0 Å². The summed E-state index contributed by atoms with van der Waals surface area (Å²) in [6.07, 6.45) is 1.83. The molecule has 0 atom stereocenters. The Kier molecular flexibility index (Phi) is 6.54. The molecule has 6 heteroatoms. The van der Waals surface area contributed by atoms with Crippen LogP contribution in [0.25, 0.3) is 49.9 Å². The third-order valence-corrected chi connectivity index (χ3v) is 7.78. The fourth-order valence-electron chi connectivity index (χ4n) is 5.44. The van der Waals surface area contributed by atoms with Crippen LogP contribution in [0.2, 0.25) is 0 Å². The third kappa shape index (κ3) is 4.44. The van der Waals surface area contributed by atoms with Crippen LogP contribution in [0.15, 0.2) is 85.1 Å². The molecule has 0 unspecified atom stereocenters. The monoisotopic (exact) mass is 714 g/mol. The maximum atomic E-state index is 5.31. The van der Waals surface area contributed by atoms with Crippen molar-refractivity contribution in [2.45, 2.75) is 45.4 Å². The van der Waals surface area contributed by atoms with E-state index in [0.717, 1.165) is 61.0 Å². The molecule has 5 nitrogen and oxygen atoms in total. The third-order valence-electron chi connectivity index (χ3n) is 7.78. The van der Waals surface area contributed by atoms with Gasteiger partial charge in [-0.3, -0.25) is 15.0 Å². The SMILES string of the molecule is CC(C)(C)c1ccnc(-c2[c-]c(C(C)(C)c3ccc4c(n3)c3[c-]cccc3c3nc5ccccc5n43)ccc2)n1.[Pt+2]. The number of benzene rings is 3. The van der Waals surface area contributed by atoms with Gasteiger partial charge in [0.25, 0.3) is 0 Å². The second-order valence-corrected chi connectivity index (χ2v) is 11.9. The molecule has 0 spiro atoms. The normalized spacial score (nSPS) is 12.3. The van der Waals surface area contributed by atoms with E-state index in [0.29, 0.717) is 5.82 Å². The zero-order valence-corrected chi connectivity index (χ0v) is 25.9. The maximum absolute atomic E-state index is 5.31. The van der Waals surface area contributed by atoms with Crippen LogP contribution in [-0.4, -0.2) is 24.3 Å². The van der Waals surface area contributed by atoms with Crippen LogP contribution in [0.5, 0.6) is 0 Å². The summed E-state index contributed by atoms with van der Waals surface area (Å²) in [7, 11) is 0. The summed E-state index contributed by atoms with van der Waals surface area (Å²) < 4.78 is 2.22. The molecule has 0 aliphatic rings. The van der Waals surface area contributed by atoms with Crippen molar-refractivity contribution in [3.8, 4) is 11.4 Å². The Morgan fingerprint density at radius 3 is 2.39 bits per heavy atom. The topological polar surface area (TPSA) is 56.0 Å². The second-order valence-electron chi connectivity index (χ2n) is 11.9. The summed E-state index contributed by atoms with van der Waals surface area (Å²) in [4.78, 5) is 19.7. The molecule has 0 aliphatic heterocycles. The van der Waals surface area contributed by atoms with Gasteiger partial charge >= 0.3 is 21.1 Å². The Balaban J connectivity index is 0.00000302. The summed E-state index contributed by atoms with van der Waals surface area (Å²) >= 11 is 0. The molecule has 0 amide bonds.